The van der Waals surface area contributed by atoms with E-state index in [0.717, 1.165) is 5.56 Å². The highest BCUT2D eigenvalue weighted by molar-refractivity contribution is 6.01. The molecule has 7 nitrogen and oxygen atoms in total. The first-order chi connectivity index (χ1) is 11.0. The predicted octanol–water partition coefficient (Wildman–Crippen LogP) is 1.79. The molecule has 1 heterocycles. The topological polar surface area (TPSA) is 82.4 Å². The van der Waals surface area contributed by atoms with Crippen molar-refractivity contribution in [2.75, 3.05) is 19.5 Å². The van der Waals surface area contributed by atoms with E-state index in [9.17, 15) is 9.59 Å². The zero-order chi connectivity index (χ0) is 16.8. The van der Waals surface area contributed by atoms with Crippen molar-refractivity contribution in [2.45, 2.75) is 12.8 Å². The number of rotatable bonds is 6. The summed E-state index contributed by atoms with van der Waals surface area (Å²) in [4.78, 5) is 23.9. The van der Waals surface area contributed by atoms with Gasteiger partial charge in [-0.3, -0.25) is 9.48 Å². The molecule has 7 heteroatoms. The smallest absolute Gasteiger partial charge is 0.340 e. The van der Waals surface area contributed by atoms with Crippen LogP contribution in [-0.2, 0) is 23.0 Å². The van der Waals surface area contributed by atoms with Crippen LogP contribution in [0.1, 0.15) is 22.3 Å². The molecule has 0 bridgehead atoms. The van der Waals surface area contributed by atoms with Gasteiger partial charge in [-0.1, -0.05) is 0 Å². The summed E-state index contributed by atoms with van der Waals surface area (Å²) < 4.78 is 11.5. The zero-order valence-electron chi connectivity index (χ0n) is 13.3. The SMILES string of the molecule is COC(=O)c1cc(OC)ccc1NC(=O)CCc1cnn(C)c1. The Hall–Kier alpha value is -2.83. The van der Waals surface area contributed by atoms with E-state index in [0.29, 0.717) is 24.3 Å². The molecule has 0 radical (unpaired) electrons. The van der Waals surface area contributed by atoms with Crippen LogP contribution in [0, 0.1) is 0 Å². The number of ether oxygens (including phenoxy) is 2. The molecule has 1 aromatic heterocycles. The largest absolute Gasteiger partial charge is 0.497 e. The molecule has 2 rings (SSSR count). The van der Waals surface area contributed by atoms with Gasteiger partial charge in [0.2, 0.25) is 5.91 Å². The van der Waals surface area contributed by atoms with Gasteiger partial charge in [-0.15, -0.1) is 0 Å². The van der Waals surface area contributed by atoms with E-state index >= 15 is 0 Å². The van der Waals surface area contributed by atoms with Gasteiger partial charge in [0.25, 0.3) is 0 Å². The Balaban J connectivity index is 2.06. The average Bonchev–Trinajstić information content (AvgIpc) is 2.98. The van der Waals surface area contributed by atoms with Crippen LogP contribution < -0.4 is 10.1 Å². The molecule has 0 spiro atoms. The number of carbonyl (C=O) groups excluding carboxylic acids is 2. The Labute approximate surface area is 134 Å². The van der Waals surface area contributed by atoms with Gasteiger partial charge in [0.1, 0.15) is 5.75 Å². The molecule has 0 atom stereocenters. The molecule has 0 aliphatic carbocycles. The molecule has 0 fully saturated rings. The van der Waals surface area contributed by atoms with E-state index in [1.807, 2.05) is 13.2 Å². The second kappa shape index (κ2) is 7.44. The van der Waals surface area contributed by atoms with Gasteiger partial charge in [-0.25, -0.2) is 4.79 Å². The van der Waals surface area contributed by atoms with E-state index in [1.54, 1.807) is 23.0 Å². The molecule has 122 valence electrons. The van der Waals surface area contributed by atoms with E-state index in [-0.39, 0.29) is 11.5 Å². The molecule has 1 N–H and O–H groups in total. The molecular formula is C16H19N3O4. The van der Waals surface area contributed by atoms with E-state index in [4.69, 9.17) is 9.47 Å². The highest BCUT2D eigenvalue weighted by atomic mass is 16.5. The third-order valence-electron chi connectivity index (χ3n) is 3.31. The number of hydrogen-bond donors (Lipinski definition) is 1. The number of hydrogen-bond acceptors (Lipinski definition) is 5. The summed E-state index contributed by atoms with van der Waals surface area (Å²) in [6.07, 6.45) is 4.45. The monoisotopic (exact) mass is 317 g/mol. The summed E-state index contributed by atoms with van der Waals surface area (Å²) in [6, 6.07) is 4.82. The Morgan fingerprint density at radius 2 is 2.09 bits per heavy atom. The molecule has 2 aromatic rings. The third kappa shape index (κ3) is 4.32. The first kappa shape index (κ1) is 16.5. The number of carbonyl (C=O) groups is 2. The molecule has 0 aliphatic rings. The minimum Gasteiger partial charge on any atom is -0.497 e. The molecule has 1 aromatic carbocycles. The van der Waals surface area contributed by atoms with Crippen LogP contribution in [0.4, 0.5) is 5.69 Å². The number of amides is 1. The number of nitrogens with zero attached hydrogens (tertiary/aromatic N) is 2. The predicted molar refractivity (Wildman–Crippen MR) is 84.5 cm³/mol. The number of anilines is 1. The second-order valence-electron chi connectivity index (χ2n) is 4.97. The quantitative estimate of drug-likeness (QED) is 0.821. The fourth-order valence-corrected chi connectivity index (χ4v) is 2.11. The van der Waals surface area contributed by atoms with Crippen molar-refractivity contribution in [3.05, 3.63) is 41.7 Å². The Kier molecular flexibility index (Phi) is 5.35. The van der Waals surface area contributed by atoms with Crippen molar-refractivity contribution < 1.29 is 19.1 Å². The van der Waals surface area contributed by atoms with Crippen LogP contribution in [0.25, 0.3) is 0 Å². The van der Waals surface area contributed by atoms with Crippen molar-refractivity contribution in [1.82, 2.24) is 9.78 Å². The number of esters is 1. The summed E-state index contributed by atoms with van der Waals surface area (Å²) in [5.41, 5.74) is 1.63. The summed E-state index contributed by atoms with van der Waals surface area (Å²) in [6.45, 7) is 0. The van der Waals surface area contributed by atoms with Gasteiger partial charge >= 0.3 is 5.97 Å². The van der Waals surface area contributed by atoms with Crippen LogP contribution >= 0.6 is 0 Å². The number of aryl methyl sites for hydroxylation is 2. The van der Waals surface area contributed by atoms with Crippen molar-refractivity contribution in [3.63, 3.8) is 0 Å². The van der Waals surface area contributed by atoms with Crippen LogP contribution in [0.15, 0.2) is 30.6 Å². The molecule has 0 saturated carbocycles. The highest BCUT2D eigenvalue weighted by Crippen LogP contribution is 2.23. The fourth-order valence-electron chi connectivity index (χ4n) is 2.11. The Morgan fingerprint density at radius 3 is 2.70 bits per heavy atom. The number of aromatic nitrogens is 2. The normalized spacial score (nSPS) is 10.2. The molecule has 0 unspecified atom stereocenters. The van der Waals surface area contributed by atoms with Crippen molar-refractivity contribution in [1.29, 1.82) is 0 Å². The minimum absolute atomic E-state index is 0.191. The first-order valence-corrected chi connectivity index (χ1v) is 7.07. The summed E-state index contributed by atoms with van der Waals surface area (Å²) >= 11 is 0. The fraction of sp³-hybridized carbons (Fsp3) is 0.312. The minimum atomic E-state index is -0.536. The van der Waals surface area contributed by atoms with Crippen molar-refractivity contribution in [2.24, 2.45) is 7.05 Å². The maximum absolute atomic E-state index is 12.1. The molecule has 0 saturated heterocycles. The van der Waals surface area contributed by atoms with Crippen LogP contribution in [0.5, 0.6) is 5.75 Å². The lowest BCUT2D eigenvalue weighted by Gasteiger charge is -2.11. The van der Waals surface area contributed by atoms with Gasteiger partial charge in [-0.2, -0.15) is 5.10 Å². The Bertz CT molecular complexity index is 709. The number of benzene rings is 1. The van der Waals surface area contributed by atoms with Crippen LogP contribution in [-0.4, -0.2) is 35.9 Å². The molecular weight excluding hydrogens is 298 g/mol. The van der Waals surface area contributed by atoms with Gasteiger partial charge < -0.3 is 14.8 Å². The first-order valence-electron chi connectivity index (χ1n) is 7.07. The molecule has 1 amide bonds. The van der Waals surface area contributed by atoms with Crippen molar-refractivity contribution in [3.8, 4) is 5.75 Å². The van der Waals surface area contributed by atoms with Crippen LogP contribution in [0.3, 0.4) is 0 Å². The maximum Gasteiger partial charge on any atom is 0.340 e. The zero-order valence-corrected chi connectivity index (χ0v) is 13.3. The maximum atomic E-state index is 12.1. The van der Waals surface area contributed by atoms with Gasteiger partial charge in [-0.05, 0) is 30.2 Å². The number of methoxy groups -OCH3 is 2. The van der Waals surface area contributed by atoms with Crippen molar-refractivity contribution >= 4 is 17.6 Å². The standard InChI is InChI=1S/C16H19N3O4/c1-19-10-11(9-17-19)4-7-15(20)18-14-6-5-12(22-2)8-13(14)16(21)23-3/h5-6,8-10H,4,7H2,1-3H3,(H,18,20). The summed E-state index contributed by atoms with van der Waals surface area (Å²) in [7, 11) is 4.61. The lowest BCUT2D eigenvalue weighted by Crippen LogP contribution is -2.15. The molecule has 23 heavy (non-hydrogen) atoms. The third-order valence-corrected chi connectivity index (χ3v) is 3.31. The van der Waals surface area contributed by atoms with Crippen LogP contribution in [0.2, 0.25) is 0 Å². The summed E-state index contributed by atoms with van der Waals surface area (Å²) in [5, 5.41) is 6.79. The van der Waals surface area contributed by atoms with Gasteiger partial charge in [0, 0.05) is 19.7 Å². The lowest BCUT2D eigenvalue weighted by atomic mass is 10.1. The number of nitrogens with one attached hydrogen (secondary N) is 1. The van der Waals surface area contributed by atoms with E-state index in [1.165, 1.54) is 20.3 Å². The average molecular weight is 317 g/mol. The second-order valence-corrected chi connectivity index (χ2v) is 4.97. The Morgan fingerprint density at radius 1 is 1.30 bits per heavy atom. The molecule has 0 aliphatic heterocycles. The van der Waals surface area contributed by atoms with Gasteiger partial charge in [0.05, 0.1) is 31.7 Å². The highest BCUT2D eigenvalue weighted by Gasteiger charge is 2.15. The lowest BCUT2D eigenvalue weighted by molar-refractivity contribution is -0.116. The van der Waals surface area contributed by atoms with Gasteiger partial charge in [0.15, 0.2) is 0 Å². The van der Waals surface area contributed by atoms with E-state index in [2.05, 4.69) is 10.4 Å². The van der Waals surface area contributed by atoms with E-state index < -0.39 is 5.97 Å². The summed E-state index contributed by atoms with van der Waals surface area (Å²) in [5.74, 6) is -0.214.